The van der Waals surface area contributed by atoms with Gasteiger partial charge in [-0.05, 0) is 37.3 Å². The summed E-state index contributed by atoms with van der Waals surface area (Å²) in [6.45, 7) is 2.03. The van der Waals surface area contributed by atoms with Crippen molar-refractivity contribution in [3.8, 4) is 11.5 Å². The second-order valence-corrected chi connectivity index (χ2v) is 4.78. The number of ether oxygens (including phenoxy) is 2. The van der Waals surface area contributed by atoms with Crippen molar-refractivity contribution in [3.63, 3.8) is 0 Å². The Morgan fingerprint density at radius 2 is 1.68 bits per heavy atom. The van der Waals surface area contributed by atoms with Gasteiger partial charge < -0.3 is 14.8 Å². The summed E-state index contributed by atoms with van der Waals surface area (Å²) >= 11 is 0. The summed E-state index contributed by atoms with van der Waals surface area (Å²) in [5.41, 5.74) is 2.66. The normalized spacial score (nSPS) is 10.5. The van der Waals surface area contributed by atoms with Crippen LogP contribution < -0.4 is 14.8 Å². The van der Waals surface area contributed by atoms with E-state index in [1.807, 2.05) is 31.2 Å². The van der Waals surface area contributed by atoms with Crippen LogP contribution in [0.3, 0.4) is 0 Å². The Balaban J connectivity index is 2.05. The Morgan fingerprint density at radius 1 is 1.00 bits per heavy atom. The van der Waals surface area contributed by atoms with E-state index in [9.17, 15) is 4.79 Å². The molecule has 2 aromatic rings. The second-order valence-electron chi connectivity index (χ2n) is 4.78. The molecule has 0 amide bonds. The molecule has 114 valence electrons. The van der Waals surface area contributed by atoms with E-state index in [0.717, 1.165) is 5.69 Å². The molecule has 0 spiro atoms. The number of carbonyl (C=O) groups is 1. The van der Waals surface area contributed by atoms with Crippen LogP contribution in [0.15, 0.2) is 54.7 Å². The van der Waals surface area contributed by atoms with E-state index < -0.39 is 0 Å². The van der Waals surface area contributed by atoms with Gasteiger partial charge in [-0.15, -0.1) is 0 Å². The highest BCUT2D eigenvalue weighted by molar-refractivity contribution is 6.05. The molecule has 0 aliphatic carbocycles. The van der Waals surface area contributed by atoms with Gasteiger partial charge in [0, 0.05) is 23.5 Å². The largest absolute Gasteiger partial charge is 0.493 e. The van der Waals surface area contributed by atoms with Crippen molar-refractivity contribution in [2.45, 2.75) is 6.92 Å². The lowest BCUT2D eigenvalue weighted by atomic mass is 10.1. The Hall–Kier alpha value is -2.75. The fourth-order valence-electron chi connectivity index (χ4n) is 1.95. The zero-order chi connectivity index (χ0) is 15.9. The van der Waals surface area contributed by atoms with Crippen molar-refractivity contribution in [1.29, 1.82) is 0 Å². The van der Waals surface area contributed by atoms with Gasteiger partial charge in [0.05, 0.1) is 14.2 Å². The van der Waals surface area contributed by atoms with E-state index in [1.165, 1.54) is 11.6 Å². The van der Waals surface area contributed by atoms with Gasteiger partial charge in [-0.2, -0.15) is 0 Å². The molecule has 2 rings (SSSR count). The first-order chi connectivity index (χ1) is 10.6. The maximum atomic E-state index is 12.1. The molecule has 0 radical (unpaired) electrons. The number of ketones is 1. The van der Waals surface area contributed by atoms with Crippen LogP contribution in [0, 0.1) is 6.92 Å². The molecule has 0 aliphatic heterocycles. The molecule has 0 unspecified atom stereocenters. The number of benzene rings is 2. The minimum Gasteiger partial charge on any atom is -0.493 e. The van der Waals surface area contributed by atoms with Crippen LogP contribution in [0.2, 0.25) is 0 Å². The maximum Gasteiger partial charge on any atom is 0.187 e. The molecule has 0 saturated heterocycles. The van der Waals surface area contributed by atoms with Gasteiger partial charge in [0.25, 0.3) is 0 Å². The number of hydrogen-bond donors (Lipinski definition) is 1. The van der Waals surface area contributed by atoms with Crippen molar-refractivity contribution in [3.05, 3.63) is 65.9 Å². The number of rotatable bonds is 6. The van der Waals surface area contributed by atoms with Crippen LogP contribution in [0.5, 0.6) is 11.5 Å². The molecule has 4 heteroatoms. The lowest BCUT2D eigenvalue weighted by molar-refractivity contribution is 0.104. The Kier molecular flexibility index (Phi) is 5.20. The number of aryl methyl sites for hydroxylation is 1. The van der Waals surface area contributed by atoms with Crippen molar-refractivity contribution >= 4 is 11.5 Å². The molecule has 0 aromatic heterocycles. The number of carbonyl (C=O) groups excluding carboxylic acids is 1. The van der Waals surface area contributed by atoms with Crippen molar-refractivity contribution in [2.24, 2.45) is 0 Å². The lowest BCUT2D eigenvalue weighted by Gasteiger charge is -2.08. The van der Waals surface area contributed by atoms with Gasteiger partial charge in [0.1, 0.15) is 0 Å². The van der Waals surface area contributed by atoms with Gasteiger partial charge >= 0.3 is 0 Å². The third-order valence-electron chi connectivity index (χ3n) is 3.20. The molecule has 0 atom stereocenters. The maximum absolute atomic E-state index is 12.1. The van der Waals surface area contributed by atoms with E-state index >= 15 is 0 Å². The minimum atomic E-state index is -0.111. The molecule has 4 nitrogen and oxygen atoms in total. The third-order valence-corrected chi connectivity index (χ3v) is 3.20. The molecule has 0 saturated carbocycles. The number of nitrogens with one attached hydrogen (secondary N) is 1. The molecular weight excluding hydrogens is 278 g/mol. The molecule has 0 aliphatic rings. The van der Waals surface area contributed by atoms with E-state index in [-0.39, 0.29) is 5.78 Å². The topological polar surface area (TPSA) is 47.6 Å². The first-order valence-corrected chi connectivity index (χ1v) is 6.90. The van der Waals surface area contributed by atoms with Crippen molar-refractivity contribution in [2.75, 3.05) is 19.5 Å². The zero-order valence-corrected chi connectivity index (χ0v) is 12.9. The SMILES string of the molecule is COc1ccc(C(=O)/C=C/Nc2ccc(C)cc2)cc1OC. The van der Waals surface area contributed by atoms with Crippen LogP contribution in [0.1, 0.15) is 15.9 Å². The van der Waals surface area contributed by atoms with E-state index in [4.69, 9.17) is 9.47 Å². The van der Waals surface area contributed by atoms with Gasteiger partial charge in [-0.3, -0.25) is 4.79 Å². The highest BCUT2D eigenvalue weighted by Crippen LogP contribution is 2.27. The summed E-state index contributed by atoms with van der Waals surface area (Å²) in [5.74, 6) is 1.02. The standard InChI is InChI=1S/C18H19NO3/c1-13-4-7-15(8-5-13)19-11-10-16(20)14-6-9-17(21-2)18(12-14)22-3/h4-12,19H,1-3H3/b11-10+. The lowest BCUT2D eigenvalue weighted by Crippen LogP contribution is -1.98. The third kappa shape index (κ3) is 3.88. The summed E-state index contributed by atoms with van der Waals surface area (Å²) in [6.07, 6.45) is 3.12. The van der Waals surface area contributed by atoms with Gasteiger partial charge in [0.2, 0.25) is 0 Å². The molecule has 0 heterocycles. The summed E-state index contributed by atoms with van der Waals surface area (Å²) in [7, 11) is 3.10. The van der Waals surface area contributed by atoms with Crippen LogP contribution >= 0.6 is 0 Å². The average Bonchev–Trinajstić information content (AvgIpc) is 2.55. The quantitative estimate of drug-likeness (QED) is 0.650. The minimum absolute atomic E-state index is 0.111. The van der Waals surface area contributed by atoms with E-state index in [2.05, 4.69) is 5.32 Å². The number of hydrogen-bond acceptors (Lipinski definition) is 4. The highest BCUT2D eigenvalue weighted by Gasteiger charge is 2.08. The van der Waals surface area contributed by atoms with Crippen LogP contribution in [0.25, 0.3) is 0 Å². The molecule has 22 heavy (non-hydrogen) atoms. The highest BCUT2D eigenvalue weighted by atomic mass is 16.5. The van der Waals surface area contributed by atoms with Crippen molar-refractivity contribution < 1.29 is 14.3 Å². The molecule has 0 bridgehead atoms. The predicted molar refractivity (Wildman–Crippen MR) is 87.8 cm³/mol. The van der Waals surface area contributed by atoms with E-state index in [0.29, 0.717) is 17.1 Å². The summed E-state index contributed by atoms with van der Waals surface area (Å²) in [4.78, 5) is 12.1. The van der Waals surface area contributed by atoms with E-state index in [1.54, 1.807) is 38.6 Å². The second kappa shape index (κ2) is 7.31. The van der Waals surface area contributed by atoms with Crippen LogP contribution in [0.4, 0.5) is 5.69 Å². The molecule has 0 fully saturated rings. The zero-order valence-electron chi connectivity index (χ0n) is 12.9. The van der Waals surface area contributed by atoms with Crippen LogP contribution in [-0.2, 0) is 0 Å². The number of allylic oxidation sites excluding steroid dienone is 1. The molecule has 1 N–H and O–H groups in total. The Labute approximate surface area is 130 Å². The molecule has 2 aromatic carbocycles. The number of anilines is 1. The average molecular weight is 297 g/mol. The Bertz CT molecular complexity index is 675. The molecular formula is C18H19NO3. The number of methoxy groups -OCH3 is 2. The first kappa shape index (κ1) is 15.6. The van der Waals surface area contributed by atoms with Crippen LogP contribution in [-0.4, -0.2) is 20.0 Å². The Morgan fingerprint density at radius 3 is 2.32 bits per heavy atom. The first-order valence-electron chi connectivity index (χ1n) is 6.90. The van der Waals surface area contributed by atoms with Gasteiger partial charge in [-0.25, -0.2) is 0 Å². The summed E-state index contributed by atoms with van der Waals surface area (Å²) in [5, 5.41) is 3.07. The predicted octanol–water partition coefficient (Wildman–Crippen LogP) is 3.82. The monoisotopic (exact) mass is 297 g/mol. The summed E-state index contributed by atoms with van der Waals surface area (Å²) < 4.78 is 10.3. The van der Waals surface area contributed by atoms with Gasteiger partial charge in [-0.1, -0.05) is 17.7 Å². The van der Waals surface area contributed by atoms with Gasteiger partial charge in [0.15, 0.2) is 17.3 Å². The fraction of sp³-hybridized carbons (Fsp3) is 0.167. The smallest absolute Gasteiger partial charge is 0.187 e. The summed E-state index contributed by atoms with van der Waals surface area (Å²) in [6, 6.07) is 13.0. The van der Waals surface area contributed by atoms with Crippen molar-refractivity contribution in [1.82, 2.24) is 0 Å². The fourth-order valence-corrected chi connectivity index (χ4v) is 1.95.